The van der Waals surface area contributed by atoms with Gasteiger partial charge in [-0.2, -0.15) is 0 Å². The lowest BCUT2D eigenvalue weighted by molar-refractivity contribution is -0.124. The SMILES string of the molecule is CC(C)C(NC(=O)c1cccs1)C(=O)NCc1ccc(CN2CCCC2)cc1. The van der Waals surface area contributed by atoms with Crippen LogP contribution in [-0.2, 0) is 17.9 Å². The molecule has 0 saturated carbocycles. The molecule has 5 nitrogen and oxygen atoms in total. The van der Waals surface area contributed by atoms with E-state index in [4.69, 9.17) is 0 Å². The second kappa shape index (κ2) is 9.85. The normalized spacial score (nSPS) is 15.5. The fourth-order valence-corrected chi connectivity index (χ4v) is 4.04. The van der Waals surface area contributed by atoms with Crippen LogP contribution in [0.2, 0.25) is 0 Å². The lowest BCUT2D eigenvalue weighted by Crippen LogP contribution is -2.49. The molecular formula is C22H29N3O2S. The summed E-state index contributed by atoms with van der Waals surface area (Å²) in [6, 6.07) is 11.5. The van der Waals surface area contributed by atoms with Gasteiger partial charge in [-0.15, -0.1) is 11.3 Å². The number of amides is 2. The molecule has 1 aliphatic heterocycles. The third-order valence-electron chi connectivity index (χ3n) is 5.08. The maximum Gasteiger partial charge on any atom is 0.262 e. The summed E-state index contributed by atoms with van der Waals surface area (Å²) in [5.41, 5.74) is 2.37. The van der Waals surface area contributed by atoms with Crippen molar-refractivity contribution in [2.24, 2.45) is 5.92 Å². The summed E-state index contributed by atoms with van der Waals surface area (Å²) in [4.78, 5) is 28.0. The zero-order chi connectivity index (χ0) is 19.9. The van der Waals surface area contributed by atoms with Crippen LogP contribution in [0, 0.1) is 5.92 Å². The minimum Gasteiger partial charge on any atom is -0.350 e. The number of nitrogens with zero attached hydrogens (tertiary/aromatic N) is 1. The Morgan fingerprint density at radius 1 is 1.07 bits per heavy atom. The predicted octanol–water partition coefficient (Wildman–Crippen LogP) is 3.41. The molecule has 150 valence electrons. The van der Waals surface area contributed by atoms with Crippen molar-refractivity contribution < 1.29 is 9.59 Å². The first-order valence-electron chi connectivity index (χ1n) is 9.95. The molecule has 2 aromatic rings. The van der Waals surface area contributed by atoms with Crippen molar-refractivity contribution in [1.82, 2.24) is 15.5 Å². The van der Waals surface area contributed by atoms with Crippen molar-refractivity contribution in [2.75, 3.05) is 13.1 Å². The van der Waals surface area contributed by atoms with Crippen LogP contribution in [-0.4, -0.2) is 35.8 Å². The molecule has 0 aliphatic carbocycles. The van der Waals surface area contributed by atoms with Gasteiger partial charge in [0, 0.05) is 13.1 Å². The van der Waals surface area contributed by atoms with Crippen LogP contribution in [0.25, 0.3) is 0 Å². The Morgan fingerprint density at radius 2 is 1.75 bits per heavy atom. The Labute approximate surface area is 171 Å². The number of hydrogen-bond acceptors (Lipinski definition) is 4. The first-order chi connectivity index (χ1) is 13.5. The minimum atomic E-state index is -0.552. The molecule has 1 aliphatic rings. The molecular weight excluding hydrogens is 370 g/mol. The highest BCUT2D eigenvalue weighted by Crippen LogP contribution is 2.14. The van der Waals surface area contributed by atoms with Gasteiger partial charge in [0.15, 0.2) is 0 Å². The molecule has 2 heterocycles. The van der Waals surface area contributed by atoms with Crippen molar-refractivity contribution in [3.63, 3.8) is 0 Å². The Bertz CT molecular complexity index is 766. The van der Waals surface area contributed by atoms with Gasteiger partial charge in [0.1, 0.15) is 6.04 Å². The summed E-state index contributed by atoms with van der Waals surface area (Å²) in [6.07, 6.45) is 2.59. The monoisotopic (exact) mass is 399 g/mol. The zero-order valence-electron chi connectivity index (χ0n) is 16.6. The Hall–Kier alpha value is -2.18. The molecule has 1 saturated heterocycles. The average molecular weight is 400 g/mol. The fraction of sp³-hybridized carbons (Fsp3) is 0.455. The maximum absolute atomic E-state index is 12.6. The van der Waals surface area contributed by atoms with Gasteiger partial charge in [-0.25, -0.2) is 0 Å². The van der Waals surface area contributed by atoms with Crippen LogP contribution in [0.1, 0.15) is 47.5 Å². The van der Waals surface area contributed by atoms with Crippen molar-refractivity contribution >= 4 is 23.2 Å². The maximum atomic E-state index is 12.6. The van der Waals surface area contributed by atoms with E-state index in [1.165, 1.54) is 42.8 Å². The molecule has 1 aromatic heterocycles. The Kier molecular flexibility index (Phi) is 7.23. The number of benzene rings is 1. The molecule has 1 atom stereocenters. The van der Waals surface area contributed by atoms with Crippen LogP contribution in [0.4, 0.5) is 0 Å². The second-order valence-electron chi connectivity index (χ2n) is 7.69. The zero-order valence-corrected chi connectivity index (χ0v) is 17.4. The van der Waals surface area contributed by atoms with Gasteiger partial charge in [0.05, 0.1) is 4.88 Å². The summed E-state index contributed by atoms with van der Waals surface area (Å²) in [5.74, 6) is -0.345. The molecule has 6 heteroatoms. The molecule has 0 radical (unpaired) electrons. The highest BCUT2D eigenvalue weighted by atomic mass is 32.1. The summed E-state index contributed by atoms with van der Waals surface area (Å²) < 4.78 is 0. The van der Waals surface area contributed by atoms with E-state index in [2.05, 4.69) is 39.8 Å². The summed E-state index contributed by atoms with van der Waals surface area (Å²) >= 11 is 1.37. The van der Waals surface area contributed by atoms with Gasteiger partial charge >= 0.3 is 0 Å². The van der Waals surface area contributed by atoms with Crippen LogP contribution in [0.5, 0.6) is 0 Å². The van der Waals surface area contributed by atoms with Gasteiger partial charge in [-0.05, 0) is 54.4 Å². The van der Waals surface area contributed by atoms with Gasteiger partial charge < -0.3 is 10.6 Å². The minimum absolute atomic E-state index is 0.00625. The van der Waals surface area contributed by atoms with Crippen molar-refractivity contribution in [3.8, 4) is 0 Å². The molecule has 2 N–H and O–H groups in total. The first kappa shape index (κ1) is 20.6. The fourth-order valence-electron chi connectivity index (χ4n) is 3.42. The van der Waals surface area contributed by atoms with Crippen LogP contribution < -0.4 is 10.6 Å². The smallest absolute Gasteiger partial charge is 0.262 e. The number of rotatable bonds is 8. The van der Waals surface area contributed by atoms with Gasteiger partial charge in [0.25, 0.3) is 5.91 Å². The van der Waals surface area contributed by atoms with E-state index >= 15 is 0 Å². The van der Waals surface area contributed by atoms with Gasteiger partial charge in [-0.3, -0.25) is 14.5 Å². The van der Waals surface area contributed by atoms with Crippen molar-refractivity contribution in [2.45, 2.75) is 45.8 Å². The first-order valence-corrected chi connectivity index (χ1v) is 10.8. The number of carbonyl (C=O) groups is 2. The van der Waals surface area contributed by atoms with Crippen LogP contribution in [0.3, 0.4) is 0 Å². The topological polar surface area (TPSA) is 61.4 Å². The van der Waals surface area contributed by atoms with E-state index < -0.39 is 6.04 Å². The number of hydrogen-bond donors (Lipinski definition) is 2. The highest BCUT2D eigenvalue weighted by molar-refractivity contribution is 7.12. The third kappa shape index (κ3) is 5.66. The molecule has 0 bridgehead atoms. The van der Waals surface area contributed by atoms with E-state index in [0.29, 0.717) is 11.4 Å². The Balaban J connectivity index is 1.51. The van der Waals surface area contributed by atoms with Crippen LogP contribution in [0.15, 0.2) is 41.8 Å². The van der Waals surface area contributed by atoms with E-state index in [0.717, 1.165) is 12.1 Å². The number of thiophene rings is 1. The lowest BCUT2D eigenvalue weighted by atomic mass is 10.0. The summed E-state index contributed by atoms with van der Waals surface area (Å²) in [6.45, 7) is 7.70. The molecule has 2 amide bonds. The van der Waals surface area contributed by atoms with Gasteiger partial charge in [-0.1, -0.05) is 44.2 Å². The summed E-state index contributed by atoms with van der Waals surface area (Å²) in [5, 5.41) is 7.68. The third-order valence-corrected chi connectivity index (χ3v) is 5.94. The Morgan fingerprint density at radius 3 is 2.36 bits per heavy atom. The predicted molar refractivity (Wildman–Crippen MR) is 113 cm³/mol. The van der Waals surface area contributed by atoms with Crippen molar-refractivity contribution in [1.29, 1.82) is 0 Å². The van der Waals surface area contributed by atoms with Crippen molar-refractivity contribution in [3.05, 3.63) is 57.8 Å². The molecule has 28 heavy (non-hydrogen) atoms. The van der Waals surface area contributed by atoms with E-state index in [-0.39, 0.29) is 17.7 Å². The number of likely N-dealkylation sites (tertiary alicyclic amines) is 1. The molecule has 1 unspecified atom stereocenters. The second-order valence-corrected chi connectivity index (χ2v) is 8.64. The molecule has 3 rings (SSSR count). The van der Waals surface area contributed by atoms with Crippen LogP contribution >= 0.6 is 11.3 Å². The standard InChI is InChI=1S/C22H29N3O2S/c1-16(2)20(24-21(26)19-6-5-13-28-19)22(27)23-14-17-7-9-18(10-8-17)15-25-11-3-4-12-25/h5-10,13,16,20H,3-4,11-12,14-15H2,1-2H3,(H,23,27)(H,24,26). The van der Waals surface area contributed by atoms with E-state index in [9.17, 15) is 9.59 Å². The molecule has 0 spiro atoms. The lowest BCUT2D eigenvalue weighted by Gasteiger charge is -2.21. The van der Waals surface area contributed by atoms with E-state index in [1.807, 2.05) is 25.3 Å². The number of carbonyl (C=O) groups excluding carboxylic acids is 2. The molecule has 1 aromatic carbocycles. The average Bonchev–Trinajstić information content (AvgIpc) is 3.39. The largest absolute Gasteiger partial charge is 0.350 e. The highest BCUT2D eigenvalue weighted by Gasteiger charge is 2.24. The van der Waals surface area contributed by atoms with Gasteiger partial charge in [0.2, 0.25) is 5.91 Å². The number of nitrogens with one attached hydrogen (secondary N) is 2. The quantitative estimate of drug-likeness (QED) is 0.715. The summed E-state index contributed by atoms with van der Waals surface area (Å²) in [7, 11) is 0. The molecule has 1 fully saturated rings. The van der Waals surface area contributed by atoms with E-state index in [1.54, 1.807) is 6.07 Å².